The van der Waals surface area contributed by atoms with Gasteiger partial charge in [-0.15, -0.1) is 0 Å². The van der Waals surface area contributed by atoms with E-state index in [4.69, 9.17) is 0 Å². The van der Waals surface area contributed by atoms with Crippen LogP contribution < -0.4 is 5.32 Å². The lowest BCUT2D eigenvalue weighted by Crippen LogP contribution is -2.40. The number of rotatable bonds is 1. The third-order valence-electron chi connectivity index (χ3n) is 3.02. The molecule has 2 N–H and O–H groups in total. The lowest BCUT2D eigenvalue weighted by atomic mass is 9.86. The lowest BCUT2D eigenvalue weighted by Gasteiger charge is -2.29. The van der Waals surface area contributed by atoms with Crippen molar-refractivity contribution in [3.63, 3.8) is 0 Å². The Kier molecular flexibility index (Phi) is 3.30. The first-order valence-electron chi connectivity index (χ1n) is 5.54. The Bertz CT molecular complexity index is 459. The van der Waals surface area contributed by atoms with Crippen molar-refractivity contribution in [3.8, 4) is 0 Å². The van der Waals surface area contributed by atoms with Crippen LogP contribution in [0.15, 0.2) is 24.3 Å². The number of carbonyl (C=O) groups excluding carboxylic acids is 1. The molecule has 0 saturated carbocycles. The molecule has 0 aromatic heterocycles. The molecule has 1 amide bonds. The van der Waals surface area contributed by atoms with Crippen molar-refractivity contribution in [1.82, 2.24) is 5.32 Å². The van der Waals surface area contributed by atoms with E-state index in [1.807, 2.05) is 5.32 Å². The number of alkyl halides is 3. The van der Waals surface area contributed by atoms with E-state index < -0.39 is 24.2 Å². The van der Waals surface area contributed by atoms with E-state index >= 15 is 0 Å². The molecule has 1 aliphatic carbocycles. The number of hydrogen-bond acceptors (Lipinski definition) is 2. The number of aliphatic hydroxyl groups is 1. The number of carbonyl (C=O) groups is 1. The lowest BCUT2D eigenvalue weighted by molar-refractivity contribution is -0.174. The van der Waals surface area contributed by atoms with Crippen LogP contribution in [-0.4, -0.2) is 17.2 Å². The van der Waals surface area contributed by atoms with E-state index in [1.165, 1.54) is 0 Å². The Morgan fingerprint density at radius 1 is 1.22 bits per heavy atom. The Morgan fingerprint density at radius 3 is 2.44 bits per heavy atom. The highest BCUT2D eigenvalue weighted by Gasteiger charge is 2.40. The highest BCUT2D eigenvalue weighted by Crippen LogP contribution is 2.36. The number of benzene rings is 1. The molecule has 98 valence electrons. The molecule has 3 nitrogen and oxygen atoms in total. The van der Waals surface area contributed by atoms with Gasteiger partial charge in [-0.25, -0.2) is 0 Å². The first-order valence-corrected chi connectivity index (χ1v) is 5.54. The first kappa shape index (κ1) is 12.9. The molecule has 0 heterocycles. The van der Waals surface area contributed by atoms with Gasteiger partial charge < -0.3 is 10.4 Å². The van der Waals surface area contributed by atoms with Gasteiger partial charge in [0.25, 0.3) is 0 Å². The van der Waals surface area contributed by atoms with E-state index in [1.54, 1.807) is 24.3 Å². The average Bonchev–Trinajstić information content (AvgIpc) is 2.32. The van der Waals surface area contributed by atoms with Crippen LogP contribution in [0.3, 0.4) is 0 Å². The number of nitrogens with one attached hydrogen (secondary N) is 1. The molecule has 0 aliphatic heterocycles. The normalized spacial score (nSPS) is 23.3. The van der Waals surface area contributed by atoms with Crippen molar-refractivity contribution >= 4 is 5.91 Å². The number of hydrogen-bond donors (Lipinski definition) is 2. The van der Waals surface area contributed by atoms with Crippen molar-refractivity contribution in [2.24, 2.45) is 0 Å². The fourth-order valence-corrected chi connectivity index (χ4v) is 2.16. The number of aliphatic hydroxyl groups excluding tert-OH is 1. The standard InChI is InChI=1S/C12H12F3NO2/c13-12(14,15)11(18)16-9-5-6-10(17)8-4-2-1-3-7(8)9/h1-4,9-10,17H,5-6H2,(H,16,18)/t9-,10-/m0/s1. The molecule has 0 unspecified atom stereocenters. The summed E-state index contributed by atoms with van der Waals surface area (Å²) in [4.78, 5) is 10.9. The van der Waals surface area contributed by atoms with Gasteiger partial charge in [-0.05, 0) is 24.0 Å². The van der Waals surface area contributed by atoms with Gasteiger partial charge in [0.2, 0.25) is 0 Å². The van der Waals surface area contributed by atoms with Crippen LogP contribution in [0.1, 0.15) is 36.1 Å². The average molecular weight is 259 g/mol. The quantitative estimate of drug-likeness (QED) is 0.812. The van der Waals surface area contributed by atoms with E-state index in [9.17, 15) is 23.1 Å². The zero-order valence-electron chi connectivity index (χ0n) is 9.37. The summed E-state index contributed by atoms with van der Waals surface area (Å²) in [6.07, 6.45) is -4.94. The van der Waals surface area contributed by atoms with Gasteiger partial charge in [0, 0.05) is 0 Å². The topological polar surface area (TPSA) is 49.3 Å². The predicted octanol–water partition coefficient (Wildman–Crippen LogP) is 2.23. The molecule has 6 heteroatoms. The van der Waals surface area contributed by atoms with Crippen molar-refractivity contribution in [3.05, 3.63) is 35.4 Å². The van der Waals surface area contributed by atoms with Crippen LogP contribution in [0.5, 0.6) is 0 Å². The van der Waals surface area contributed by atoms with Gasteiger partial charge in [0.1, 0.15) is 0 Å². The molecule has 0 bridgehead atoms. The summed E-state index contributed by atoms with van der Waals surface area (Å²) >= 11 is 0. The second-order valence-electron chi connectivity index (χ2n) is 4.25. The second kappa shape index (κ2) is 4.61. The molecular formula is C12H12F3NO2. The summed E-state index contributed by atoms with van der Waals surface area (Å²) in [5.74, 6) is -1.95. The minimum atomic E-state index is -4.88. The second-order valence-corrected chi connectivity index (χ2v) is 4.25. The Labute approximate surface area is 102 Å². The fraction of sp³-hybridized carbons (Fsp3) is 0.417. The maximum atomic E-state index is 12.2. The van der Waals surface area contributed by atoms with Crippen LogP contribution in [0.25, 0.3) is 0 Å². The highest BCUT2D eigenvalue weighted by atomic mass is 19.4. The summed E-state index contributed by atoms with van der Waals surface area (Å²) in [7, 11) is 0. The van der Waals surface area contributed by atoms with Crippen molar-refractivity contribution < 1.29 is 23.1 Å². The van der Waals surface area contributed by atoms with Gasteiger partial charge in [0.15, 0.2) is 0 Å². The van der Waals surface area contributed by atoms with Crippen molar-refractivity contribution in [1.29, 1.82) is 0 Å². The van der Waals surface area contributed by atoms with Gasteiger partial charge in [-0.1, -0.05) is 24.3 Å². The monoisotopic (exact) mass is 259 g/mol. The molecular weight excluding hydrogens is 247 g/mol. The molecule has 1 aliphatic rings. The maximum absolute atomic E-state index is 12.2. The van der Waals surface area contributed by atoms with Gasteiger partial charge >= 0.3 is 12.1 Å². The number of fused-ring (bicyclic) bond motifs is 1. The molecule has 0 radical (unpaired) electrons. The summed E-state index contributed by atoms with van der Waals surface area (Å²) in [5.41, 5.74) is 1.13. The highest BCUT2D eigenvalue weighted by molar-refractivity contribution is 5.82. The van der Waals surface area contributed by atoms with Crippen LogP contribution in [0.4, 0.5) is 13.2 Å². The molecule has 0 fully saturated rings. The van der Waals surface area contributed by atoms with E-state index in [2.05, 4.69) is 0 Å². The van der Waals surface area contributed by atoms with E-state index in [-0.39, 0.29) is 0 Å². The van der Waals surface area contributed by atoms with Crippen LogP contribution in [0, 0.1) is 0 Å². The zero-order chi connectivity index (χ0) is 13.3. The Morgan fingerprint density at radius 2 is 1.83 bits per heavy atom. The van der Waals surface area contributed by atoms with Gasteiger partial charge in [-0.2, -0.15) is 13.2 Å². The van der Waals surface area contributed by atoms with Gasteiger partial charge in [0.05, 0.1) is 12.1 Å². The SMILES string of the molecule is O=C(N[C@H]1CC[C@H](O)c2ccccc21)C(F)(F)F. The maximum Gasteiger partial charge on any atom is 0.471 e. The third kappa shape index (κ3) is 2.48. The summed E-state index contributed by atoms with van der Waals surface area (Å²) in [5, 5.41) is 11.7. The minimum absolute atomic E-state index is 0.292. The molecule has 2 atom stereocenters. The smallest absolute Gasteiger partial charge is 0.388 e. The predicted molar refractivity (Wildman–Crippen MR) is 57.6 cm³/mol. The van der Waals surface area contributed by atoms with Crippen LogP contribution in [-0.2, 0) is 4.79 Å². The summed E-state index contributed by atoms with van der Waals surface area (Å²) in [6, 6.07) is 5.96. The Hall–Kier alpha value is -1.56. The third-order valence-corrected chi connectivity index (χ3v) is 3.02. The molecule has 18 heavy (non-hydrogen) atoms. The minimum Gasteiger partial charge on any atom is -0.388 e. The van der Waals surface area contributed by atoms with Crippen molar-refractivity contribution in [2.75, 3.05) is 0 Å². The van der Waals surface area contributed by atoms with Gasteiger partial charge in [-0.3, -0.25) is 4.79 Å². The molecule has 2 rings (SSSR count). The largest absolute Gasteiger partial charge is 0.471 e. The van der Waals surface area contributed by atoms with Crippen LogP contribution in [0.2, 0.25) is 0 Å². The zero-order valence-corrected chi connectivity index (χ0v) is 9.37. The molecule has 0 spiro atoms. The summed E-state index contributed by atoms with van der Waals surface area (Å²) < 4.78 is 36.6. The molecule has 1 aromatic rings. The van der Waals surface area contributed by atoms with E-state index in [0.29, 0.717) is 24.0 Å². The summed E-state index contributed by atoms with van der Waals surface area (Å²) in [6.45, 7) is 0. The molecule has 1 aromatic carbocycles. The fourth-order valence-electron chi connectivity index (χ4n) is 2.16. The van der Waals surface area contributed by atoms with Crippen molar-refractivity contribution in [2.45, 2.75) is 31.2 Å². The first-order chi connectivity index (χ1) is 8.39. The Balaban J connectivity index is 2.22. The number of halogens is 3. The van der Waals surface area contributed by atoms with Crippen LogP contribution >= 0.6 is 0 Å². The number of amides is 1. The molecule has 0 saturated heterocycles. The van der Waals surface area contributed by atoms with E-state index in [0.717, 1.165) is 0 Å².